The Bertz CT molecular complexity index is 875. The molecule has 0 saturated carbocycles. The van der Waals surface area contributed by atoms with Crippen LogP contribution in [0.1, 0.15) is 15.9 Å². The number of ether oxygens (including phenoxy) is 1. The molecule has 110 valence electrons. The van der Waals surface area contributed by atoms with Crippen molar-refractivity contribution in [3.63, 3.8) is 0 Å². The highest BCUT2D eigenvalue weighted by Gasteiger charge is 2.15. The molecule has 0 aliphatic heterocycles. The number of carbonyl (C=O) groups is 1. The molecule has 5 nitrogen and oxygen atoms in total. The molecule has 0 atom stereocenters. The summed E-state index contributed by atoms with van der Waals surface area (Å²) in [5.74, 6) is -0.270. The summed E-state index contributed by atoms with van der Waals surface area (Å²) < 4.78 is 5.30. The highest BCUT2D eigenvalue weighted by molar-refractivity contribution is 6.05. The van der Waals surface area contributed by atoms with Crippen LogP contribution < -0.4 is 4.74 Å². The molecule has 0 aliphatic carbocycles. The van der Waals surface area contributed by atoms with Crippen molar-refractivity contribution < 1.29 is 14.6 Å². The number of fused-ring (bicyclic) bond motifs is 1. The van der Waals surface area contributed by atoms with Gasteiger partial charge in [-0.05, 0) is 36.2 Å². The predicted octanol–water partition coefficient (Wildman–Crippen LogP) is 3.31. The average Bonchev–Trinajstić information content (AvgIpc) is 2.52. The third-order valence-corrected chi connectivity index (χ3v) is 3.45. The zero-order chi connectivity index (χ0) is 15.7. The van der Waals surface area contributed by atoms with E-state index in [2.05, 4.69) is 9.97 Å². The van der Waals surface area contributed by atoms with E-state index in [1.54, 1.807) is 25.4 Å². The minimum Gasteiger partial charge on any atom is -0.497 e. The van der Waals surface area contributed by atoms with Gasteiger partial charge in [-0.1, -0.05) is 12.1 Å². The smallest absolute Gasteiger partial charge is 0.337 e. The zero-order valence-corrected chi connectivity index (χ0v) is 12.2. The highest BCUT2D eigenvalue weighted by atomic mass is 16.5. The van der Waals surface area contributed by atoms with Gasteiger partial charge in [0.2, 0.25) is 0 Å². The third-order valence-electron chi connectivity index (χ3n) is 3.45. The second kappa shape index (κ2) is 5.44. The lowest BCUT2D eigenvalue weighted by Gasteiger charge is -2.10. The van der Waals surface area contributed by atoms with Gasteiger partial charge in [0.15, 0.2) is 0 Å². The Balaban J connectivity index is 2.31. The van der Waals surface area contributed by atoms with Crippen molar-refractivity contribution in [3.8, 4) is 16.9 Å². The van der Waals surface area contributed by atoms with Crippen LogP contribution in [0, 0.1) is 6.92 Å². The standard InChI is InChI=1S/C17H14N2O3/c1-10-7-11(9-12(8-10)22-2)13-3-4-14(17(20)21)16-15(13)18-5-6-19-16/h3-9H,1-2H3,(H,20,21). The fraction of sp³-hybridized carbons (Fsp3) is 0.118. The predicted molar refractivity (Wildman–Crippen MR) is 83.2 cm³/mol. The Morgan fingerprint density at radius 2 is 1.82 bits per heavy atom. The lowest BCUT2D eigenvalue weighted by atomic mass is 9.99. The van der Waals surface area contributed by atoms with Crippen LogP contribution in [0.4, 0.5) is 0 Å². The van der Waals surface area contributed by atoms with Gasteiger partial charge in [0.05, 0.1) is 18.2 Å². The van der Waals surface area contributed by atoms with Gasteiger partial charge in [-0.3, -0.25) is 9.97 Å². The SMILES string of the molecule is COc1cc(C)cc(-c2ccc(C(=O)O)c3nccnc23)c1. The molecule has 3 rings (SSSR count). The number of carboxylic acids is 1. The van der Waals surface area contributed by atoms with Crippen LogP contribution in [0.5, 0.6) is 5.75 Å². The molecule has 0 amide bonds. The van der Waals surface area contributed by atoms with Crippen LogP contribution in [0.2, 0.25) is 0 Å². The molecule has 2 aromatic carbocycles. The number of aryl methyl sites for hydroxylation is 1. The number of aromatic nitrogens is 2. The van der Waals surface area contributed by atoms with Crippen LogP contribution >= 0.6 is 0 Å². The molecule has 22 heavy (non-hydrogen) atoms. The molecular weight excluding hydrogens is 280 g/mol. The second-order valence-electron chi connectivity index (χ2n) is 4.96. The summed E-state index contributed by atoms with van der Waals surface area (Å²) in [6.45, 7) is 1.98. The Hall–Kier alpha value is -2.95. The molecule has 0 bridgehead atoms. The topological polar surface area (TPSA) is 72.3 Å². The van der Waals surface area contributed by atoms with Crippen molar-refractivity contribution in [2.24, 2.45) is 0 Å². The van der Waals surface area contributed by atoms with Crippen molar-refractivity contribution >= 4 is 17.0 Å². The number of hydrogen-bond donors (Lipinski definition) is 1. The van der Waals surface area contributed by atoms with Gasteiger partial charge < -0.3 is 9.84 Å². The van der Waals surface area contributed by atoms with E-state index in [1.807, 2.05) is 25.1 Å². The molecular formula is C17H14N2O3. The average molecular weight is 294 g/mol. The molecule has 1 heterocycles. The maximum atomic E-state index is 11.3. The molecule has 1 N–H and O–H groups in total. The maximum Gasteiger partial charge on any atom is 0.337 e. The number of carboxylic acid groups (broad SMARTS) is 1. The monoisotopic (exact) mass is 294 g/mol. The summed E-state index contributed by atoms with van der Waals surface area (Å²) in [4.78, 5) is 19.8. The number of hydrogen-bond acceptors (Lipinski definition) is 4. The molecule has 5 heteroatoms. The van der Waals surface area contributed by atoms with Crippen molar-refractivity contribution in [2.45, 2.75) is 6.92 Å². The second-order valence-corrected chi connectivity index (χ2v) is 4.96. The summed E-state index contributed by atoms with van der Waals surface area (Å²) >= 11 is 0. The number of nitrogens with zero attached hydrogens (tertiary/aromatic N) is 2. The Morgan fingerprint density at radius 1 is 1.09 bits per heavy atom. The molecule has 0 fully saturated rings. The van der Waals surface area contributed by atoms with Gasteiger partial charge in [-0.15, -0.1) is 0 Å². The van der Waals surface area contributed by atoms with Crippen LogP contribution in [0.25, 0.3) is 22.2 Å². The number of aromatic carboxylic acids is 1. The van der Waals surface area contributed by atoms with Crippen molar-refractivity contribution in [1.82, 2.24) is 9.97 Å². The first-order valence-electron chi connectivity index (χ1n) is 6.73. The first-order chi connectivity index (χ1) is 10.6. The zero-order valence-electron chi connectivity index (χ0n) is 12.2. The van der Waals surface area contributed by atoms with Gasteiger partial charge in [-0.25, -0.2) is 4.79 Å². The number of methoxy groups -OCH3 is 1. The highest BCUT2D eigenvalue weighted by Crippen LogP contribution is 2.31. The van der Waals surface area contributed by atoms with E-state index in [0.29, 0.717) is 11.0 Å². The van der Waals surface area contributed by atoms with E-state index in [1.165, 1.54) is 6.20 Å². The Kier molecular flexibility index (Phi) is 3.47. The lowest BCUT2D eigenvalue weighted by molar-refractivity contribution is 0.0699. The maximum absolute atomic E-state index is 11.3. The minimum absolute atomic E-state index is 0.145. The lowest BCUT2D eigenvalue weighted by Crippen LogP contribution is -2.00. The largest absolute Gasteiger partial charge is 0.497 e. The van der Waals surface area contributed by atoms with Crippen molar-refractivity contribution in [1.29, 1.82) is 0 Å². The minimum atomic E-state index is -1.01. The molecule has 0 radical (unpaired) electrons. The molecule has 3 aromatic rings. The molecule has 0 aliphatic rings. The normalized spacial score (nSPS) is 10.6. The van der Waals surface area contributed by atoms with Gasteiger partial charge in [0, 0.05) is 18.0 Å². The molecule has 0 spiro atoms. The van der Waals surface area contributed by atoms with E-state index >= 15 is 0 Å². The van der Waals surface area contributed by atoms with Gasteiger partial charge in [0.1, 0.15) is 11.3 Å². The number of benzene rings is 2. The van der Waals surface area contributed by atoms with Crippen LogP contribution in [-0.4, -0.2) is 28.2 Å². The number of rotatable bonds is 3. The Morgan fingerprint density at radius 3 is 2.50 bits per heavy atom. The summed E-state index contributed by atoms with van der Waals surface area (Å²) in [5, 5.41) is 9.28. The van der Waals surface area contributed by atoms with Crippen LogP contribution in [0.3, 0.4) is 0 Å². The third kappa shape index (κ3) is 2.37. The van der Waals surface area contributed by atoms with Crippen molar-refractivity contribution in [2.75, 3.05) is 7.11 Å². The van der Waals surface area contributed by atoms with E-state index < -0.39 is 5.97 Å². The molecule has 0 unspecified atom stereocenters. The van der Waals surface area contributed by atoms with E-state index in [-0.39, 0.29) is 5.56 Å². The fourth-order valence-electron chi connectivity index (χ4n) is 2.48. The summed E-state index contributed by atoms with van der Waals surface area (Å²) in [6, 6.07) is 9.16. The quantitative estimate of drug-likeness (QED) is 0.802. The van der Waals surface area contributed by atoms with E-state index in [9.17, 15) is 9.90 Å². The van der Waals surface area contributed by atoms with Crippen LogP contribution in [-0.2, 0) is 0 Å². The summed E-state index contributed by atoms with van der Waals surface area (Å²) in [5.41, 5.74) is 3.89. The van der Waals surface area contributed by atoms with Gasteiger partial charge in [0.25, 0.3) is 0 Å². The Labute approximate surface area is 127 Å². The first-order valence-corrected chi connectivity index (χ1v) is 6.73. The molecule has 1 aromatic heterocycles. The first kappa shape index (κ1) is 14.0. The van der Waals surface area contributed by atoms with Gasteiger partial charge in [-0.2, -0.15) is 0 Å². The van der Waals surface area contributed by atoms with Crippen LogP contribution in [0.15, 0.2) is 42.7 Å². The fourth-order valence-corrected chi connectivity index (χ4v) is 2.48. The summed E-state index contributed by atoms with van der Waals surface area (Å²) in [7, 11) is 1.62. The summed E-state index contributed by atoms with van der Waals surface area (Å²) in [6.07, 6.45) is 3.06. The van der Waals surface area contributed by atoms with E-state index in [4.69, 9.17) is 4.74 Å². The van der Waals surface area contributed by atoms with E-state index in [0.717, 1.165) is 22.4 Å². The van der Waals surface area contributed by atoms with Gasteiger partial charge >= 0.3 is 5.97 Å². The molecule has 0 saturated heterocycles. The van der Waals surface area contributed by atoms with Crippen molar-refractivity contribution in [3.05, 3.63) is 53.9 Å².